The van der Waals surface area contributed by atoms with Gasteiger partial charge >= 0.3 is 0 Å². The third-order valence-corrected chi connectivity index (χ3v) is 0. The summed E-state index contributed by atoms with van der Waals surface area (Å²) >= 11 is 0. The van der Waals surface area contributed by atoms with E-state index in [0.29, 0.717) is 0 Å². The fourth-order valence-electron chi connectivity index (χ4n) is 0. The van der Waals surface area contributed by atoms with Gasteiger partial charge in [0.25, 0.3) is 0 Å². The molecule has 0 fully saturated rings. The summed E-state index contributed by atoms with van der Waals surface area (Å²) in [5, 5.41) is 14.0. The maximum Gasteiger partial charge on any atom is 0.0319 e. The third-order valence-electron chi connectivity index (χ3n) is 0. The van der Waals surface area contributed by atoms with Gasteiger partial charge in [0, 0.05) is 34.6 Å². The van der Waals surface area contributed by atoms with Crippen LogP contribution in [-0.2, 0) is 25.2 Å². The summed E-state index contributed by atoms with van der Waals surface area (Å²) in [6, 6.07) is 0. The number of aliphatic hydroxyl groups excluding tert-OH is 2. The first kappa shape index (κ1) is 86.1. The van der Waals surface area contributed by atoms with E-state index in [1.165, 1.54) is 0 Å². The molecule has 0 aromatic heterocycles. The minimum Gasteiger partial charge on any atom is -0.545 e. The van der Waals surface area contributed by atoms with Crippen molar-refractivity contribution in [3.05, 3.63) is 0 Å². The van der Waals surface area contributed by atoms with Crippen LogP contribution in [0.5, 0.6) is 0 Å². The van der Waals surface area contributed by atoms with Crippen LogP contribution in [0.3, 0.4) is 0 Å². The SMILES string of the molecule is CO.CO.O.O.O.[CH-]=O.[Re]. The van der Waals surface area contributed by atoms with Crippen LogP contribution >= 0.6 is 0 Å². The summed E-state index contributed by atoms with van der Waals surface area (Å²) in [6.45, 7) is 3.25. The zero-order valence-corrected chi connectivity index (χ0v) is 8.47. The van der Waals surface area contributed by atoms with Gasteiger partial charge in [-0.1, -0.05) is 0 Å². The average molecular weight is 333 g/mol. The van der Waals surface area contributed by atoms with Crippen LogP contribution in [0, 0.1) is 0 Å². The van der Waals surface area contributed by atoms with Crippen molar-refractivity contribution in [1.82, 2.24) is 0 Å². The van der Waals surface area contributed by atoms with Crippen molar-refractivity contribution < 1.29 is 51.9 Å². The molecule has 0 unspecified atom stereocenters. The van der Waals surface area contributed by atoms with Gasteiger partial charge in [0.1, 0.15) is 0 Å². The van der Waals surface area contributed by atoms with E-state index in [4.69, 9.17) is 15.0 Å². The number of hydrogen-bond donors (Lipinski definition) is 2. The zero-order valence-electron chi connectivity index (χ0n) is 5.76. The van der Waals surface area contributed by atoms with Gasteiger partial charge in [0.05, 0.1) is 0 Å². The Hall–Kier alpha value is 0.132. The van der Waals surface area contributed by atoms with Gasteiger partial charge in [-0.05, 0) is 0 Å². The van der Waals surface area contributed by atoms with Crippen molar-refractivity contribution in [3.63, 3.8) is 0 Å². The van der Waals surface area contributed by atoms with Gasteiger partial charge in [-0.3, -0.25) is 6.79 Å². The molecule has 1 radical (unpaired) electrons. The Labute approximate surface area is 73.5 Å². The Morgan fingerprint density at radius 3 is 0.800 bits per heavy atom. The first-order chi connectivity index (χ1) is 3.00. The van der Waals surface area contributed by atoms with Crippen LogP contribution in [-0.4, -0.2) is 47.7 Å². The van der Waals surface area contributed by atoms with E-state index >= 15 is 0 Å². The van der Waals surface area contributed by atoms with E-state index in [1.807, 2.05) is 0 Å². The minimum absolute atomic E-state index is 0. The molecule has 0 aromatic rings. The summed E-state index contributed by atoms with van der Waals surface area (Å²) in [7, 11) is 2.00. The quantitative estimate of drug-likeness (QED) is 0.349. The monoisotopic (exact) mass is 334 g/mol. The molecule has 0 aromatic carbocycles. The average Bonchev–Trinajstić information content (AvgIpc) is 1.81. The molecule has 0 rings (SSSR count). The maximum atomic E-state index is 7.75. The van der Waals surface area contributed by atoms with E-state index in [2.05, 4.69) is 6.79 Å². The topological polar surface area (TPSA) is 152 Å². The Balaban J connectivity index is -0.00000000225. The second kappa shape index (κ2) is 34500. The molecule has 6 nitrogen and oxygen atoms in total. The van der Waals surface area contributed by atoms with Crippen molar-refractivity contribution >= 4 is 6.79 Å². The van der Waals surface area contributed by atoms with Crippen LogP contribution in [0.4, 0.5) is 0 Å². The summed E-state index contributed by atoms with van der Waals surface area (Å²) in [6.07, 6.45) is 0. The molecule has 0 bridgehead atoms. The van der Waals surface area contributed by atoms with Crippen molar-refractivity contribution in [2.24, 2.45) is 0 Å². The van der Waals surface area contributed by atoms with Gasteiger partial charge in [-0.25, -0.2) is 0 Å². The fraction of sp³-hybridized carbons (Fsp3) is 0.667. The summed E-state index contributed by atoms with van der Waals surface area (Å²) in [5.74, 6) is 0. The van der Waals surface area contributed by atoms with Crippen molar-refractivity contribution in [2.75, 3.05) is 14.2 Å². The zero-order chi connectivity index (χ0) is 6.00. The van der Waals surface area contributed by atoms with E-state index < -0.39 is 0 Å². The molecule has 0 amide bonds. The second-order valence-electron chi connectivity index (χ2n) is 0. The van der Waals surface area contributed by atoms with Crippen LogP contribution in [0.15, 0.2) is 0 Å². The number of aliphatic hydroxyl groups is 2. The van der Waals surface area contributed by atoms with Crippen molar-refractivity contribution in [1.29, 1.82) is 0 Å². The van der Waals surface area contributed by atoms with Gasteiger partial charge < -0.3 is 31.4 Å². The smallest absolute Gasteiger partial charge is 0.0319 e. The van der Waals surface area contributed by atoms with E-state index in [-0.39, 0.29) is 36.9 Å². The van der Waals surface area contributed by atoms with Crippen molar-refractivity contribution in [3.8, 4) is 0 Å². The Morgan fingerprint density at radius 1 is 0.800 bits per heavy atom. The molecule has 0 saturated heterocycles. The molecule has 0 heterocycles. The van der Waals surface area contributed by atoms with E-state index in [1.54, 1.807) is 0 Å². The van der Waals surface area contributed by atoms with Crippen molar-refractivity contribution in [2.45, 2.75) is 0 Å². The van der Waals surface area contributed by atoms with Crippen LogP contribution in [0.2, 0.25) is 0 Å². The van der Waals surface area contributed by atoms with Gasteiger partial charge in [0.15, 0.2) is 0 Å². The number of carbonyl (C=O) groups excluding carboxylic acids is 1. The number of hydrogen-bond acceptors (Lipinski definition) is 3. The molecule has 10 heavy (non-hydrogen) atoms. The fourth-order valence-corrected chi connectivity index (χ4v) is 0. The Kier molecular flexibility index (Phi) is 297000. The van der Waals surface area contributed by atoms with Gasteiger partial charge in [-0.15, -0.1) is 0 Å². The molecule has 8 N–H and O–H groups in total. The van der Waals surface area contributed by atoms with Gasteiger partial charge in [0.2, 0.25) is 0 Å². The number of rotatable bonds is 0. The predicted molar refractivity (Wildman–Crippen MR) is 33.9 cm³/mol. The molecular formula is C3H15O6Re-. The summed E-state index contributed by atoms with van der Waals surface area (Å²) < 4.78 is 0. The van der Waals surface area contributed by atoms with Crippen LogP contribution < -0.4 is 0 Å². The minimum atomic E-state index is 0. The Morgan fingerprint density at radius 2 is 0.800 bits per heavy atom. The molecule has 0 aliphatic heterocycles. The normalized spacial score (nSPS) is 1.60. The second-order valence-corrected chi connectivity index (χ2v) is 0. The van der Waals surface area contributed by atoms with Crippen LogP contribution in [0.1, 0.15) is 0 Å². The van der Waals surface area contributed by atoms with Crippen LogP contribution in [0.25, 0.3) is 0 Å². The van der Waals surface area contributed by atoms with Gasteiger partial charge in [-0.2, -0.15) is 0 Å². The molecular weight excluding hydrogens is 318 g/mol. The standard InChI is InChI=1S/2CH4O.CHO.3H2O.Re/c3*1-2;;;;/h2*2H,1H3;1H;3*1H2;/q;;-1;;;;. The van der Waals surface area contributed by atoms with E-state index in [9.17, 15) is 0 Å². The first-order valence-corrected chi connectivity index (χ1v) is 1.13. The molecule has 0 aliphatic carbocycles. The molecule has 0 atom stereocenters. The predicted octanol–water partition coefficient (Wildman–Crippen LogP) is -3.53. The Bertz CT molecular complexity index is 13.0. The molecule has 0 spiro atoms. The summed E-state index contributed by atoms with van der Waals surface area (Å²) in [5.41, 5.74) is 0. The maximum absolute atomic E-state index is 7.75. The van der Waals surface area contributed by atoms with E-state index in [0.717, 1.165) is 14.2 Å². The largest absolute Gasteiger partial charge is 0.545 e. The molecule has 0 aliphatic rings. The molecule has 71 valence electrons. The molecule has 0 saturated carbocycles. The first-order valence-electron chi connectivity index (χ1n) is 1.13. The summed E-state index contributed by atoms with van der Waals surface area (Å²) in [4.78, 5) is 7.75. The molecule has 7 heteroatoms. The third kappa shape index (κ3) is 23600.